The van der Waals surface area contributed by atoms with Crippen LogP contribution in [0.3, 0.4) is 0 Å². The van der Waals surface area contributed by atoms with Crippen LogP contribution < -0.4 is 20.3 Å². The van der Waals surface area contributed by atoms with Crippen LogP contribution in [0.1, 0.15) is 19.8 Å². The smallest absolute Gasteiger partial charge is 0.282 e. The summed E-state index contributed by atoms with van der Waals surface area (Å²) in [7, 11) is 3.43. The maximum atomic E-state index is 12.3. The number of anilines is 1. The van der Waals surface area contributed by atoms with Gasteiger partial charge in [0.2, 0.25) is 0 Å². The first-order valence-corrected chi connectivity index (χ1v) is 7.56. The Labute approximate surface area is 130 Å². The molecule has 2 rings (SSSR count). The molecule has 0 heterocycles. The zero-order valence-corrected chi connectivity index (χ0v) is 13.3. The van der Waals surface area contributed by atoms with Crippen molar-refractivity contribution in [2.24, 2.45) is 0 Å². The Bertz CT molecular complexity index is 543. The van der Waals surface area contributed by atoms with Gasteiger partial charge in [-0.2, -0.15) is 0 Å². The number of hydrogen-bond acceptors (Lipinski definition) is 3. The number of likely N-dealkylation sites (N-methyl/N-ethyl adjacent to an activating group) is 1. The molecular formula is C16H24N3O3+. The highest BCUT2D eigenvalue weighted by atomic mass is 16.5. The molecule has 0 bridgehead atoms. The first-order valence-electron chi connectivity index (χ1n) is 7.56. The average molecular weight is 306 g/mol. The minimum absolute atomic E-state index is 0.000954. The summed E-state index contributed by atoms with van der Waals surface area (Å²) in [5, 5.41) is 5.79. The first kappa shape index (κ1) is 16.3. The van der Waals surface area contributed by atoms with Gasteiger partial charge in [0.05, 0.1) is 14.2 Å². The van der Waals surface area contributed by atoms with Crippen molar-refractivity contribution in [1.29, 1.82) is 0 Å². The quantitative estimate of drug-likeness (QED) is 0.654. The van der Waals surface area contributed by atoms with Gasteiger partial charge in [0.1, 0.15) is 5.75 Å². The van der Waals surface area contributed by atoms with Gasteiger partial charge in [-0.3, -0.25) is 9.59 Å². The minimum atomic E-state index is -0.323. The molecule has 0 spiro atoms. The largest absolute Gasteiger partial charge is 0.497 e. The molecule has 1 aliphatic carbocycles. The standard InChI is InChI=1S/C16H23N3O3/c1-11(19(2)10-15(20)17-12-7-8-12)16(21)18-13-5-4-6-14(9-13)22-3/h4-6,9,11-12H,7-8,10H2,1-3H3,(H,17,20)(H,18,21)/p+1/t11-/m0/s1. The lowest BCUT2D eigenvalue weighted by atomic mass is 10.2. The number of hydrogen-bond donors (Lipinski definition) is 3. The van der Waals surface area contributed by atoms with Crippen LogP contribution in [-0.4, -0.2) is 44.6 Å². The van der Waals surface area contributed by atoms with E-state index in [1.165, 1.54) is 0 Å². The van der Waals surface area contributed by atoms with Crippen molar-refractivity contribution in [2.45, 2.75) is 31.8 Å². The van der Waals surface area contributed by atoms with Crippen LogP contribution in [0, 0.1) is 0 Å². The molecule has 1 fully saturated rings. The van der Waals surface area contributed by atoms with Gasteiger partial charge in [0.25, 0.3) is 11.8 Å². The van der Waals surface area contributed by atoms with Crippen LogP contribution in [0.25, 0.3) is 0 Å². The molecule has 2 amide bonds. The highest BCUT2D eigenvalue weighted by molar-refractivity contribution is 5.93. The number of quaternary nitrogens is 1. The van der Waals surface area contributed by atoms with Gasteiger partial charge in [-0.1, -0.05) is 6.07 Å². The first-order chi connectivity index (χ1) is 10.5. The minimum Gasteiger partial charge on any atom is -0.497 e. The summed E-state index contributed by atoms with van der Waals surface area (Å²) >= 11 is 0. The lowest BCUT2D eigenvalue weighted by Crippen LogP contribution is -3.15. The van der Waals surface area contributed by atoms with Crippen LogP contribution >= 0.6 is 0 Å². The SMILES string of the molecule is COc1cccc(NC(=O)[C@H](C)[NH+](C)CC(=O)NC2CC2)c1. The second-order valence-corrected chi connectivity index (χ2v) is 5.81. The van der Waals surface area contributed by atoms with Crippen molar-refractivity contribution in [3.05, 3.63) is 24.3 Å². The molecule has 3 N–H and O–H groups in total. The number of nitrogens with one attached hydrogen (secondary N) is 3. The van der Waals surface area contributed by atoms with Crippen LogP contribution in [0.15, 0.2) is 24.3 Å². The molecule has 0 radical (unpaired) electrons. The van der Waals surface area contributed by atoms with Gasteiger partial charge in [-0.25, -0.2) is 0 Å². The Kier molecular flexibility index (Phi) is 5.38. The van der Waals surface area contributed by atoms with Gasteiger partial charge < -0.3 is 20.3 Å². The van der Waals surface area contributed by atoms with E-state index in [0.29, 0.717) is 24.0 Å². The molecule has 6 nitrogen and oxygen atoms in total. The van der Waals surface area contributed by atoms with E-state index >= 15 is 0 Å². The summed E-state index contributed by atoms with van der Waals surface area (Å²) in [5.74, 6) is 0.570. The van der Waals surface area contributed by atoms with Crippen molar-refractivity contribution in [2.75, 3.05) is 26.0 Å². The molecule has 0 aliphatic heterocycles. The van der Waals surface area contributed by atoms with Crippen LogP contribution in [0.2, 0.25) is 0 Å². The number of benzene rings is 1. The third-order valence-electron chi connectivity index (χ3n) is 3.85. The summed E-state index contributed by atoms with van der Waals surface area (Å²) in [6.45, 7) is 2.11. The van der Waals surface area contributed by atoms with Crippen molar-refractivity contribution >= 4 is 17.5 Å². The Morgan fingerprint density at radius 3 is 2.77 bits per heavy atom. The van der Waals surface area contributed by atoms with Gasteiger partial charge >= 0.3 is 0 Å². The van der Waals surface area contributed by atoms with Crippen molar-refractivity contribution in [3.63, 3.8) is 0 Å². The molecule has 1 aliphatic rings. The van der Waals surface area contributed by atoms with E-state index < -0.39 is 0 Å². The molecule has 1 unspecified atom stereocenters. The highest BCUT2D eigenvalue weighted by Crippen LogP contribution is 2.18. The van der Waals surface area contributed by atoms with Crippen LogP contribution in [-0.2, 0) is 9.59 Å². The van der Waals surface area contributed by atoms with Gasteiger partial charge in [0, 0.05) is 17.8 Å². The monoisotopic (exact) mass is 306 g/mol. The molecule has 1 aromatic carbocycles. The summed E-state index contributed by atoms with van der Waals surface area (Å²) in [4.78, 5) is 24.9. The fraction of sp³-hybridized carbons (Fsp3) is 0.500. The molecule has 1 aromatic rings. The Hall–Kier alpha value is -2.08. The summed E-state index contributed by atoms with van der Waals surface area (Å²) in [5.41, 5.74) is 0.687. The maximum absolute atomic E-state index is 12.3. The third-order valence-corrected chi connectivity index (χ3v) is 3.85. The molecule has 0 saturated heterocycles. The predicted octanol–water partition coefficient (Wildman–Crippen LogP) is -0.184. The highest BCUT2D eigenvalue weighted by Gasteiger charge is 2.27. The fourth-order valence-corrected chi connectivity index (χ4v) is 2.09. The van der Waals surface area contributed by atoms with E-state index in [9.17, 15) is 9.59 Å². The van der Waals surface area contributed by atoms with Crippen molar-refractivity contribution in [3.8, 4) is 5.75 Å². The van der Waals surface area contributed by atoms with E-state index in [-0.39, 0.29) is 17.9 Å². The molecule has 120 valence electrons. The number of carbonyl (C=O) groups excluding carboxylic acids is 2. The molecule has 22 heavy (non-hydrogen) atoms. The summed E-state index contributed by atoms with van der Waals surface area (Å²) in [6, 6.07) is 7.23. The second-order valence-electron chi connectivity index (χ2n) is 5.81. The van der Waals surface area contributed by atoms with Crippen molar-refractivity contribution in [1.82, 2.24) is 5.32 Å². The second kappa shape index (κ2) is 7.26. The van der Waals surface area contributed by atoms with Crippen molar-refractivity contribution < 1.29 is 19.2 Å². The summed E-state index contributed by atoms with van der Waals surface area (Å²) in [6.07, 6.45) is 2.13. The number of methoxy groups -OCH3 is 1. The zero-order valence-electron chi connectivity index (χ0n) is 13.3. The van der Waals surface area contributed by atoms with E-state index in [2.05, 4.69) is 10.6 Å². The van der Waals surface area contributed by atoms with E-state index in [4.69, 9.17) is 4.74 Å². The van der Waals surface area contributed by atoms with E-state index in [1.807, 2.05) is 32.2 Å². The Morgan fingerprint density at radius 1 is 1.41 bits per heavy atom. The van der Waals surface area contributed by atoms with Crippen LogP contribution in [0.4, 0.5) is 5.69 Å². The lowest BCUT2D eigenvalue weighted by molar-refractivity contribution is -0.885. The fourth-order valence-electron chi connectivity index (χ4n) is 2.09. The number of rotatable bonds is 7. The van der Waals surface area contributed by atoms with E-state index in [1.54, 1.807) is 13.2 Å². The zero-order chi connectivity index (χ0) is 16.1. The Balaban J connectivity index is 1.85. The lowest BCUT2D eigenvalue weighted by Gasteiger charge is -2.20. The number of amides is 2. The summed E-state index contributed by atoms with van der Waals surface area (Å²) < 4.78 is 5.13. The topological polar surface area (TPSA) is 71.9 Å². The normalized spacial score (nSPS) is 16.5. The average Bonchev–Trinajstić information content (AvgIpc) is 3.30. The third kappa shape index (κ3) is 4.73. The predicted molar refractivity (Wildman–Crippen MR) is 84.0 cm³/mol. The van der Waals surface area contributed by atoms with Crippen LogP contribution in [0.5, 0.6) is 5.75 Å². The molecular weight excluding hydrogens is 282 g/mol. The molecule has 1 saturated carbocycles. The molecule has 6 heteroatoms. The van der Waals surface area contributed by atoms with Gasteiger partial charge in [-0.05, 0) is 31.9 Å². The molecule has 0 aromatic heterocycles. The van der Waals surface area contributed by atoms with Gasteiger partial charge in [-0.15, -0.1) is 0 Å². The maximum Gasteiger partial charge on any atom is 0.282 e. The number of ether oxygens (including phenoxy) is 1. The number of carbonyl (C=O) groups is 2. The van der Waals surface area contributed by atoms with Gasteiger partial charge in [0.15, 0.2) is 12.6 Å². The molecule has 2 atom stereocenters. The van der Waals surface area contributed by atoms with E-state index in [0.717, 1.165) is 17.7 Å². The Morgan fingerprint density at radius 2 is 2.14 bits per heavy atom.